The zero-order valence-electron chi connectivity index (χ0n) is 15.5. The van der Waals surface area contributed by atoms with Crippen molar-refractivity contribution in [3.63, 3.8) is 0 Å². The number of nitrogens with zero attached hydrogens (tertiary/aromatic N) is 2. The highest BCUT2D eigenvalue weighted by Crippen LogP contribution is 2.23. The van der Waals surface area contributed by atoms with Crippen molar-refractivity contribution in [2.45, 2.75) is 33.2 Å². The molecule has 27 heavy (non-hydrogen) atoms. The van der Waals surface area contributed by atoms with Crippen LogP contribution < -0.4 is 10.6 Å². The Morgan fingerprint density at radius 3 is 2.56 bits per heavy atom. The summed E-state index contributed by atoms with van der Waals surface area (Å²) in [5, 5.41) is 12.2. The van der Waals surface area contributed by atoms with Crippen molar-refractivity contribution in [2.24, 2.45) is 0 Å². The second-order valence-corrected chi connectivity index (χ2v) is 7.42. The molecule has 0 aliphatic heterocycles. The van der Waals surface area contributed by atoms with Crippen LogP contribution >= 0.6 is 11.3 Å². The number of aromatic nitrogens is 2. The van der Waals surface area contributed by atoms with Gasteiger partial charge in [-0.3, -0.25) is 9.59 Å². The predicted molar refractivity (Wildman–Crippen MR) is 107 cm³/mol. The number of anilines is 1. The molecule has 2 N–H and O–H groups in total. The fourth-order valence-corrected chi connectivity index (χ4v) is 3.59. The summed E-state index contributed by atoms with van der Waals surface area (Å²) >= 11 is 1.51. The highest BCUT2D eigenvalue weighted by molar-refractivity contribution is 7.10. The highest BCUT2D eigenvalue weighted by atomic mass is 32.1. The van der Waals surface area contributed by atoms with Crippen molar-refractivity contribution in [1.82, 2.24) is 15.1 Å². The van der Waals surface area contributed by atoms with Gasteiger partial charge in [0.1, 0.15) is 5.82 Å². The molecule has 140 valence electrons. The Bertz CT molecular complexity index is 930. The summed E-state index contributed by atoms with van der Waals surface area (Å²) in [4.78, 5) is 25.1. The van der Waals surface area contributed by atoms with Crippen molar-refractivity contribution < 1.29 is 9.59 Å². The number of carbonyl (C=O) groups is 2. The Labute approximate surface area is 162 Å². The molecule has 7 heteroatoms. The monoisotopic (exact) mass is 382 g/mol. The maximum Gasteiger partial charge on any atom is 0.227 e. The van der Waals surface area contributed by atoms with Gasteiger partial charge in [0, 0.05) is 17.9 Å². The van der Waals surface area contributed by atoms with Crippen molar-refractivity contribution in [3.05, 3.63) is 64.0 Å². The van der Waals surface area contributed by atoms with E-state index in [9.17, 15) is 9.59 Å². The first-order valence-corrected chi connectivity index (χ1v) is 9.54. The molecule has 0 radical (unpaired) electrons. The van der Waals surface area contributed by atoms with Crippen LogP contribution in [0.15, 0.2) is 47.8 Å². The number of amides is 2. The lowest BCUT2D eigenvalue weighted by Crippen LogP contribution is -2.29. The zero-order valence-corrected chi connectivity index (χ0v) is 16.3. The van der Waals surface area contributed by atoms with Crippen LogP contribution in [-0.4, -0.2) is 21.6 Å². The Kier molecular flexibility index (Phi) is 5.71. The second-order valence-electron chi connectivity index (χ2n) is 6.44. The molecule has 2 heterocycles. The van der Waals surface area contributed by atoms with Crippen LogP contribution in [0.3, 0.4) is 0 Å². The lowest BCUT2D eigenvalue weighted by Gasteiger charge is -2.16. The first-order valence-electron chi connectivity index (χ1n) is 8.66. The largest absolute Gasteiger partial charge is 0.348 e. The Morgan fingerprint density at radius 2 is 1.93 bits per heavy atom. The van der Waals surface area contributed by atoms with Crippen LogP contribution in [0.4, 0.5) is 5.82 Å². The molecule has 2 amide bonds. The number of carbonyl (C=O) groups excluding carboxylic acids is 2. The van der Waals surface area contributed by atoms with E-state index in [1.807, 2.05) is 61.7 Å². The average Bonchev–Trinajstić information content (AvgIpc) is 3.24. The molecule has 0 unspecified atom stereocenters. The van der Waals surface area contributed by atoms with Gasteiger partial charge in [-0.1, -0.05) is 23.8 Å². The van der Waals surface area contributed by atoms with Crippen LogP contribution in [0, 0.1) is 13.8 Å². The minimum Gasteiger partial charge on any atom is -0.348 e. The van der Waals surface area contributed by atoms with E-state index in [2.05, 4.69) is 15.7 Å². The molecule has 0 aliphatic rings. The standard InChI is InChI=1S/C20H22N4O2S/c1-13-6-8-16(9-7-13)24-19(11-14(2)23-24)22-20(26)12-17(21-15(3)25)18-5-4-10-27-18/h4-11,17H,12H2,1-3H3,(H,21,25)(H,22,26)/t17-/m1/s1. The van der Waals surface area contributed by atoms with E-state index >= 15 is 0 Å². The third kappa shape index (κ3) is 4.83. The third-order valence-corrected chi connectivity index (χ3v) is 5.02. The molecule has 2 aromatic heterocycles. The lowest BCUT2D eigenvalue weighted by atomic mass is 10.1. The first kappa shape index (κ1) is 18.8. The van der Waals surface area contributed by atoms with E-state index in [0.29, 0.717) is 5.82 Å². The van der Waals surface area contributed by atoms with E-state index < -0.39 is 0 Å². The average molecular weight is 382 g/mol. The molecule has 1 aromatic carbocycles. The molecular formula is C20H22N4O2S. The summed E-state index contributed by atoms with van der Waals surface area (Å²) in [6, 6.07) is 13.2. The van der Waals surface area contributed by atoms with Gasteiger partial charge in [0.05, 0.1) is 23.8 Å². The number of benzene rings is 1. The van der Waals surface area contributed by atoms with Gasteiger partial charge in [-0.25, -0.2) is 4.68 Å². The molecule has 0 fully saturated rings. The maximum atomic E-state index is 12.6. The van der Waals surface area contributed by atoms with Gasteiger partial charge in [0.25, 0.3) is 0 Å². The fraction of sp³-hybridized carbons (Fsp3) is 0.250. The van der Waals surface area contributed by atoms with Crippen LogP contribution in [0.1, 0.15) is 35.5 Å². The topological polar surface area (TPSA) is 76.0 Å². The maximum absolute atomic E-state index is 12.6. The molecule has 0 bridgehead atoms. The van der Waals surface area contributed by atoms with E-state index in [1.165, 1.54) is 18.3 Å². The third-order valence-electron chi connectivity index (χ3n) is 4.03. The van der Waals surface area contributed by atoms with Crippen molar-refractivity contribution in [3.8, 4) is 5.69 Å². The van der Waals surface area contributed by atoms with E-state index in [-0.39, 0.29) is 24.3 Å². The Hall–Kier alpha value is -2.93. The predicted octanol–water partition coefficient (Wildman–Crippen LogP) is 3.76. The zero-order chi connectivity index (χ0) is 19.4. The molecule has 3 rings (SSSR count). The number of rotatable bonds is 6. The van der Waals surface area contributed by atoms with E-state index in [1.54, 1.807) is 4.68 Å². The first-order chi connectivity index (χ1) is 12.9. The molecule has 0 saturated heterocycles. The molecule has 0 saturated carbocycles. The number of hydrogen-bond acceptors (Lipinski definition) is 4. The molecule has 6 nitrogen and oxygen atoms in total. The number of nitrogens with one attached hydrogen (secondary N) is 2. The van der Waals surface area contributed by atoms with Gasteiger partial charge >= 0.3 is 0 Å². The summed E-state index contributed by atoms with van der Waals surface area (Å²) in [5.41, 5.74) is 2.84. The van der Waals surface area contributed by atoms with Gasteiger partial charge in [0.15, 0.2) is 0 Å². The van der Waals surface area contributed by atoms with Crippen LogP contribution in [0.2, 0.25) is 0 Å². The van der Waals surface area contributed by atoms with Crippen molar-refractivity contribution in [1.29, 1.82) is 0 Å². The van der Waals surface area contributed by atoms with E-state index in [0.717, 1.165) is 21.8 Å². The summed E-state index contributed by atoms with van der Waals surface area (Å²) < 4.78 is 1.71. The number of aryl methyl sites for hydroxylation is 2. The number of hydrogen-bond donors (Lipinski definition) is 2. The highest BCUT2D eigenvalue weighted by Gasteiger charge is 2.19. The van der Waals surface area contributed by atoms with Gasteiger partial charge in [-0.2, -0.15) is 5.10 Å². The summed E-state index contributed by atoms with van der Waals surface area (Å²) in [6.07, 6.45) is 0.151. The quantitative estimate of drug-likeness (QED) is 0.682. The molecule has 0 spiro atoms. The van der Waals surface area contributed by atoms with Crippen molar-refractivity contribution in [2.75, 3.05) is 5.32 Å². The normalized spacial score (nSPS) is 11.8. The van der Waals surface area contributed by atoms with Crippen LogP contribution in [0.25, 0.3) is 5.69 Å². The van der Waals surface area contributed by atoms with Crippen LogP contribution in [-0.2, 0) is 9.59 Å². The summed E-state index contributed by atoms with van der Waals surface area (Å²) in [5.74, 6) is 0.256. The fourth-order valence-electron chi connectivity index (χ4n) is 2.81. The van der Waals surface area contributed by atoms with Gasteiger partial charge < -0.3 is 10.6 Å². The van der Waals surface area contributed by atoms with Crippen molar-refractivity contribution >= 4 is 29.0 Å². The molecule has 1 atom stereocenters. The molecule has 3 aromatic rings. The van der Waals surface area contributed by atoms with Gasteiger partial charge in [-0.15, -0.1) is 11.3 Å². The molecule has 0 aliphatic carbocycles. The summed E-state index contributed by atoms with van der Waals surface area (Å²) in [7, 11) is 0. The lowest BCUT2D eigenvalue weighted by molar-refractivity contribution is -0.120. The van der Waals surface area contributed by atoms with E-state index in [4.69, 9.17) is 0 Å². The van der Waals surface area contributed by atoms with Gasteiger partial charge in [-0.05, 0) is 37.4 Å². The Balaban J connectivity index is 1.77. The second kappa shape index (κ2) is 8.18. The van der Waals surface area contributed by atoms with Gasteiger partial charge in [0.2, 0.25) is 11.8 Å². The Morgan fingerprint density at radius 1 is 1.19 bits per heavy atom. The number of thiophene rings is 1. The van der Waals surface area contributed by atoms with Crippen LogP contribution in [0.5, 0.6) is 0 Å². The SMILES string of the molecule is CC(=O)N[C@H](CC(=O)Nc1cc(C)nn1-c1ccc(C)cc1)c1cccs1. The summed E-state index contributed by atoms with van der Waals surface area (Å²) in [6.45, 7) is 5.36. The minimum absolute atomic E-state index is 0.151. The smallest absolute Gasteiger partial charge is 0.227 e. The minimum atomic E-state index is -0.348. The molecular weight excluding hydrogens is 360 g/mol.